The van der Waals surface area contributed by atoms with E-state index in [1.165, 1.54) is 25.7 Å². The van der Waals surface area contributed by atoms with E-state index < -0.39 is 0 Å². The highest BCUT2D eigenvalue weighted by molar-refractivity contribution is 5.18. The van der Waals surface area contributed by atoms with Gasteiger partial charge < -0.3 is 0 Å². The van der Waals surface area contributed by atoms with Crippen molar-refractivity contribution < 1.29 is 0 Å². The van der Waals surface area contributed by atoms with Gasteiger partial charge in [0.1, 0.15) is 0 Å². The predicted molar refractivity (Wildman–Crippen MR) is 48.3 cm³/mol. The van der Waals surface area contributed by atoms with Crippen LogP contribution in [0.2, 0.25) is 0 Å². The van der Waals surface area contributed by atoms with Crippen LogP contribution in [0.25, 0.3) is 0 Å². The zero-order valence-electron chi connectivity index (χ0n) is 7.22. The normalized spacial score (nSPS) is 42.1. The summed E-state index contributed by atoms with van der Waals surface area (Å²) in [6, 6.07) is 0. The lowest BCUT2D eigenvalue weighted by Gasteiger charge is -2.30. The molecule has 0 aromatic carbocycles. The second-order valence-electron chi connectivity index (χ2n) is 4.02. The highest BCUT2D eigenvalue weighted by atomic mass is 14.4. The standard InChI is InChI=1S/C11H16/c1-10-6-5-9-11(10)7-3-2-4-8-11/h2-4,7,10H,5-6,8-9H2,1H3/t10-,11+/m1/s1. The van der Waals surface area contributed by atoms with Crippen molar-refractivity contribution in [3.8, 4) is 0 Å². The monoisotopic (exact) mass is 148 g/mol. The highest BCUT2D eigenvalue weighted by Gasteiger charge is 2.37. The quantitative estimate of drug-likeness (QED) is 0.494. The lowest BCUT2D eigenvalue weighted by molar-refractivity contribution is 0.296. The summed E-state index contributed by atoms with van der Waals surface area (Å²) in [6.45, 7) is 2.40. The maximum atomic E-state index is 2.44. The van der Waals surface area contributed by atoms with Crippen LogP contribution in [0.5, 0.6) is 0 Å². The maximum absolute atomic E-state index is 2.44. The Balaban J connectivity index is 2.21. The first kappa shape index (κ1) is 7.15. The summed E-state index contributed by atoms with van der Waals surface area (Å²) in [5.74, 6) is 0.906. The average molecular weight is 148 g/mol. The molecular weight excluding hydrogens is 132 g/mol. The smallest absolute Gasteiger partial charge is 0.00549 e. The molecule has 2 aliphatic carbocycles. The average Bonchev–Trinajstić information content (AvgIpc) is 2.36. The van der Waals surface area contributed by atoms with Crippen molar-refractivity contribution in [2.24, 2.45) is 11.3 Å². The first-order chi connectivity index (χ1) is 5.33. The van der Waals surface area contributed by atoms with E-state index in [-0.39, 0.29) is 0 Å². The summed E-state index contributed by atoms with van der Waals surface area (Å²) in [5.41, 5.74) is 0.564. The van der Waals surface area contributed by atoms with Crippen LogP contribution < -0.4 is 0 Å². The van der Waals surface area contributed by atoms with E-state index in [2.05, 4.69) is 31.2 Å². The molecule has 0 aromatic heterocycles. The Labute approximate surface area is 69.0 Å². The Morgan fingerprint density at radius 1 is 1.36 bits per heavy atom. The van der Waals surface area contributed by atoms with Crippen LogP contribution >= 0.6 is 0 Å². The number of hydrogen-bond donors (Lipinski definition) is 0. The molecule has 2 rings (SSSR count). The van der Waals surface area contributed by atoms with Crippen LogP contribution in [0.4, 0.5) is 0 Å². The van der Waals surface area contributed by atoms with Gasteiger partial charge in [-0.3, -0.25) is 0 Å². The van der Waals surface area contributed by atoms with Gasteiger partial charge in [0.25, 0.3) is 0 Å². The Morgan fingerprint density at radius 3 is 2.82 bits per heavy atom. The summed E-state index contributed by atoms with van der Waals surface area (Å²) in [4.78, 5) is 0. The maximum Gasteiger partial charge on any atom is -0.00549 e. The van der Waals surface area contributed by atoms with Crippen molar-refractivity contribution in [2.45, 2.75) is 32.6 Å². The fraction of sp³-hybridized carbons (Fsp3) is 0.636. The van der Waals surface area contributed by atoms with Crippen LogP contribution in [0, 0.1) is 11.3 Å². The van der Waals surface area contributed by atoms with E-state index in [0.717, 1.165) is 5.92 Å². The molecule has 60 valence electrons. The Kier molecular flexibility index (Phi) is 1.63. The van der Waals surface area contributed by atoms with E-state index in [0.29, 0.717) is 5.41 Å². The largest absolute Gasteiger partial charge is 0.0837 e. The molecule has 0 saturated heterocycles. The van der Waals surface area contributed by atoms with Gasteiger partial charge in [0.15, 0.2) is 0 Å². The van der Waals surface area contributed by atoms with Gasteiger partial charge in [-0.2, -0.15) is 0 Å². The van der Waals surface area contributed by atoms with E-state index in [1.807, 2.05) is 0 Å². The second kappa shape index (κ2) is 2.51. The topological polar surface area (TPSA) is 0 Å². The summed E-state index contributed by atoms with van der Waals surface area (Å²) < 4.78 is 0. The molecule has 1 fully saturated rings. The van der Waals surface area contributed by atoms with Gasteiger partial charge >= 0.3 is 0 Å². The third kappa shape index (κ3) is 1.05. The van der Waals surface area contributed by atoms with Crippen molar-refractivity contribution in [1.29, 1.82) is 0 Å². The van der Waals surface area contributed by atoms with E-state index in [4.69, 9.17) is 0 Å². The van der Waals surface area contributed by atoms with Gasteiger partial charge in [-0.25, -0.2) is 0 Å². The Hall–Kier alpha value is -0.520. The molecule has 0 aromatic rings. The van der Waals surface area contributed by atoms with Gasteiger partial charge in [0, 0.05) is 0 Å². The Morgan fingerprint density at radius 2 is 2.27 bits per heavy atom. The summed E-state index contributed by atoms with van der Waals surface area (Å²) in [6.07, 6.45) is 14.7. The van der Waals surface area contributed by atoms with Crippen molar-refractivity contribution in [2.75, 3.05) is 0 Å². The lowest BCUT2D eigenvalue weighted by atomic mass is 9.74. The first-order valence-electron chi connectivity index (χ1n) is 4.68. The molecule has 2 aliphatic rings. The van der Waals surface area contributed by atoms with Crippen LogP contribution in [0.3, 0.4) is 0 Å². The molecule has 0 heterocycles. The first-order valence-corrected chi connectivity index (χ1v) is 4.68. The van der Waals surface area contributed by atoms with Gasteiger partial charge in [-0.15, -0.1) is 0 Å². The molecule has 0 nitrogen and oxygen atoms in total. The Bertz CT molecular complexity index is 200. The zero-order valence-corrected chi connectivity index (χ0v) is 7.22. The molecule has 0 unspecified atom stereocenters. The minimum absolute atomic E-state index is 0.564. The molecule has 0 radical (unpaired) electrons. The molecule has 0 bridgehead atoms. The molecule has 0 N–H and O–H groups in total. The summed E-state index contributed by atoms with van der Waals surface area (Å²) in [7, 11) is 0. The van der Waals surface area contributed by atoms with Crippen molar-refractivity contribution in [3.05, 3.63) is 24.3 Å². The molecular formula is C11H16. The molecule has 0 amide bonds. The van der Waals surface area contributed by atoms with E-state index >= 15 is 0 Å². The van der Waals surface area contributed by atoms with Crippen LogP contribution in [-0.2, 0) is 0 Å². The van der Waals surface area contributed by atoms with Crippen LogP contribution in [0.15, 0.2) is 24.3 Å². The number of allylic oxidation sites excluding steroid dienone is 4. The number of hydrogen-bond acceptors (Lipinski definition) is 0. The third-order valence-corrected chi connectivity index (χ3v) is 3.43. The molecule has 11 heavy (non-hydrogen) atoms. The predicted octanol–water partition coefficient (Wildman–Crippen LogP) is 3.31. The van der Waals surface area contributed by atoms with E-state index in [9.17, 15) is 0 Å². The zero-order chi connectivity index (χ0) is 7.73. The SMILES string of the molecule is C[C@@H]1CCC[C@@]12C=CC=CC2. The van der Waals surface area contributed by atoms with Gasteiger partial charge in [-0.05, 0) is 30.6 Å². The van der Waals surface area contributed by atoms with Gasteiger partial charge in [-0.1, -0.05) is 37.6 Å². The molecule has 1 saturated carbocycles. The second-order valence-corrected chi connectivity index (χ2v) is 4.02. The summed E-state index contributed by atoms with van der Waals surface area (Å²) >= 11 is 0. The van der Waals surface area contributed by atoms with Crippen molar-refractivity contribution in [3.63, 3.8) is 0 Å². The van der Waals surface area contributed by atoms with Crippen LogP contribution in [0.1, 0.15) is 32.6 Å². The third-order valence-electron chi connectivity index (χ3n) is 3.43. The van der Waals surface area contributed by atoms with Gasteiger partial charge in [0.05, 0.1) is 0 Å². The van der Waals surface area contributed by atoms with Crippen molar-refractivity contribution in [1.82, 2.24) is 0 Å². The number of rotatable bonds is 0. The summed E-state index contributed by atoms with van der Waals surface area (Å²) in [5, 5.41) is 0. The molecule has 0 heteroatoms. The van der Waals surface area contributed by atoms with E-state index in [1.54, 1.807) is 0 Å². The fourth-order valence-corrected chi connectivity index (χ4v) is 2.50. The molecule has 2 atom stereocenters. The minimum Gasteiger partial charge on any atom is -0.0837 e. The minimum atomic E-state index is 0.564. The van der Waals surface area contributed by atoms with Crippen molar-refractivity contribution >= 4 is 0 Å². The lowest BCUT2D eigenvalue weighted by Crippen LogP contribution is -2.21. The van der Waals surface area contributed by atoms with Gasteiger partial charge in [0.2, 0.25) is 0 Å². The van der Waals surface area contributed by atoms with Crippen LogP contribution in [-0.4, -0.2) is 0 Å². The highest BCUT2D eigenvalue weighted by Crippen LogP contribution is 2.48. The molecule has 0 aliphatic heterocycles. The fourth-order valence-electron chi connectivity index (χ4n) is 2.50. The molecule has 1 spiro atoms.